The molecule has 0 aliphatic carbocycles. The predicted molar refractivity (Wildman–Crippen MR) is 113 cm³/mol. The number of amides is 3. The quantitative estimate of drug-likeness (QED) is 0.711. The number of aryl methyl sites for hydroxylation is 1. The van der Waals surface area contributed by atoms with Crippen LogP contribution in [0.25, 0.3) is 6.08 Å². The van der Waals surface area contributed by atoms with E-state index in [-0.39, 0.29) is 11.4 Å². The molecule has 0 unspecified atom stereocenters. The van der Waals surface area contributed by atoms with E-state index in [0.717, 1.165) is 27.8 Å². The Morgan fingerprint density at radius 3 is 2.64 bits per heavy atom. The molecule has 1 N–H and O–H groups in total. The first-order chi connectivity index (χ1) is 13.4. The molecular formula is C21H17ClN2O3S. The highest BCUT2D eigenvalue weighted by Gasteiger charge is 2.35. The number of carbonyl (C=O) groups is 3. The van der Waals surface area contributed by atoms with E-state index in [1.807, 2.05) is 43.3 Å². The highest BCUT2D eigenvalue weighted by Crippen LogP contribution is 2.30. The van der Waals surface area contributed by atoms with E-state index in [2.05, 4.69) is 5.32 Å². The Balaban J connectivity index is 1.63. The molecule has 7 heteroatoms. The minimum atomic E-state index is -0.482. The Labute approximate surface area is 172 Å². The van der Waals surface area contributed by atoms with Crippen molar-refractivity contribution in [3.63, 3.8) is 0 Å². The first-order valence-electron chi connectivity index (χ1n) is 8.47. The van der Waals surface area contributed by atoms with E-state index in [1.54, 1.807) is 30.4 Å². The number of allylic oxidation sites excluding steroid dienone is 2. The summed E-state index contributed by atoms with van der Waals surface area (Å²) in [5.74, 6) is -0.951. The Bertz CT molecular complexity index is 986. The number of thioether (sulfide) groups is 1. The summed E-state index contributed by atoms with van der Waals surface area (Å²) in [6, 6.07) is 14.7. The van der Waals surface area contributed by atoms with Crippen molar-refractivity contribution in [1.29, 1.82) is 0 Å². The van der Waals surface area contributed by atoms with Crippen LogP contribution in [0.1, 0.15) is 11.1 Å². The zero-order chi connectivity index (χ0) is 20.1. The lowest BCUT2D eigenvalue weighted by atomic mass is 10.2. The Kier molecular flexibility index (Phi) is 6.34. The minimum Gasteiger partial charge on any atom is -0.324 e. The summed E-state index contributed by atoms with van der Waals surface area (Å²) in [7, 11) is 0. The lowest BCUT2D eigenvalue weighted by molar-refractivity contribution is -0.127. The summed E-state index contributed by atoms with van der Waals surface area (Å²) in [6.45, 7) is 1.50. The third-order valence-electron chi connectivity index (χ3n) is 3.97. The van der Waals surface area contributed by atoms with Gasteiger partial charge in [-0.3, -0.25) is 19.3 Å². The topological polar surface area (TPSA) is 66.5 Å². The van der Waals surface area contributed by atoms with Gasteiger partial charge in [-0.05, 0) is 48.0 Å². The molecule has 142 valence electrons. The number of carbonyl (C=O) groups excluding carboxylic acids is 3. The molecule has 28 heavy (non-hydrogen) atoms. The minimum absolute atomic E-state index is 0.281. The van der Waals surface area contributed by atoms with Gasteiger partial charge in [0.1, 0.15) is 6.54 Å². The van der Waals surface area contributed by atoms with Crippen molar-refractivity contribution in [1.82, 2.24) is 4.90 Å². The molecule has 0 bridgehead atoms. The van der Waals surface area contributed by atoms with E-state index in [4.69, 9.17) is 11.6 Å². The molecule has 1 aliphatic heterocycles. The van der Waals surface area contributed by atoms with Gasteiger partial charge in [0.05, 0.1) is 4.91 Å². The molecule has 1 fully saturated rings. The molecule has 0 spiro atoms. The van der Waals surface area contributed by atoms with Crippen molar-refractivity contribution < 1.29 is 14.4 Å². The van der Waals surface area contributed by atoms with E-state index >= 15 is 0 Å². The van der Waals surface area contributed by atoms with Gasteiger partial charge in [-0.1, -0.05) is 60.2 Å². The second-order valence-corrected chi connectivity index (χ2v) is 7.47. The summed E-state index contributed by atoms with van der Waals surface area (Å²) in [4.78, 5) is 38.0. The maximum Gasteiger partial charge on any atom is 0.294 e. The van der Waals surface area contributed by atoms with Gasteiger partial charge in [-0.25, -0.2) is 0 Å². The fraction of sp³-hybridized carbons (Fsp3) is 0.0952. The smallest absolute Gasteiger partial charge is 0.294 e. The van der Waals surface area contributed by atoms with Crippen molar-refractivity contribution in [3.8, 4) is 0 Å². The number of benzene rings is 2. The van der Waals surface area contributed by atoms with Crippen LogP contribution in [0.15, 0.2) is 65.6 Å². The third-order valence-corrected chi connectivity index (χ3v) is 5.30. The number of anilines is 1. The first kappa shape index (κ1) is 19.9. The van der Waals surface area contributed by atoms with Crippen LogP contribution < -0.4 is 5.32 Å². The van der Waals surface area contributed by atoms with Gasteiger partial charge in [-0.2, -0.15) is 0 Å². The SMILES string of the molecule is Cc1ccc(NC(=O)CN2C(=O)S/C(=C/C=C/c3ccccc3)C2=O)cc1Cl. The number of nitrogens with zero attached hydrogens (tertiary/aromatic N) is 1. The third kappa shape index (κ3) is 4.91. The number of imide groups is 1. The predicted octanol–water partition coefficient (Wildman–Crippen LogP) is 4.88. The largest absolute Gasteiger partial charge is 0.324 e. The molecule has 0 atom stereocenters. The van der Waals surface area contributed by atoms with Gasteiger partial charge in [0.15, 0.2) is 0 Å². The fourth-order valence-electron chi connectivity index (χ4n) is 2.48. The maximum absolute atomic E-state index is 12.4. The van der Waals surface area contributed by atoms with Crippen molar-refractivity contribution in [2.24, 2.45) is 0 Å². The molecule has 2 aromatic rings. The molecule has 1 aliphatic rings. The van der Waals surface area contributed by atoms with Crippen LogP contribution in [-0.4, -0.2) is 28.5 Å². The van der Waals surface area contributed by atoms with Crippen LogP contribution in [0, 0.1) is 6.92 Å². The van der Waals surface area contributed by atoms with E-state index in [9.17, 15) is 14.4 Å². The average Bonchev–Trinajstić information content (AvgIpc) is 2.93. The van der Waals surface area contributed by atoms with Gasteiger partial charge in [0.2, 0.25) is 5.91 Å². The lowest BCUT2D eigenvalue weighted by Crippen LogP contribution is -2.36. The average molecular weight is 413 g/mol. The normalized spacial score (nSPS) is 15.6. The number of hydrogen-bond donors (Lipinski definition) is 1. The van der Waals surface area contributed by atoms with Crippen LogP contribution in [0.5, 0.6) is 0 Å². The molecular weight excluding hydrogens is 396 g/mol. The van der Waals surface area contributed by atoms with E-state index < -0.39 is 17.1 Å². The summed E-state index contributed by atoms with van der Waals surface area (Å²) >= 11 is 6.85. The highest BCUT2D eigenvalue weighted by molar-refractivity contribution is 8.18. The van der Waals surface area contributed by atoms with Crippen molar-refractivity contribution in [2.75, 3.05) is 11.9 Å². The van der Waals surface area contributed by atoms with Crippen LogP contribution >= 0.6 is 23.4 Å². The zero-order valence-electron chi connectivity index (χ0n) is 15.0. The molecule has 5 nitrogen and oxygen atoms in total. The van der Waals surface area contributed by atoms with Crippen LogP contribution in [0.3, 0.4) is 0 Å². The van der Waals surface area contributed by atoms with Crippen molar-refractivity contribution >= 4 is 52.2 Å². The van der Waals surface area contributed by atoms with Gasteiger partial charge in [0, 0.05) is 10.7 Å². The first-order valence-corrected chi connectivity index (χ1v) is 9.66. The maximum atomic E-state index is 12.4. The molecule has 0 radical (unpaired) electrons. The molecule has 2 aromatic carbocycles. The molecule has 3 rings (SSSR count). The van der Waals surface area contributed by atoms with Crippen LogP contribution in [-0.2, 0) is 9.59 Å². The summed E-state index contributed by atoms with van der Waals surface area (Å²) in [5.41, 5.74) is 2.38. The molecule has 3 amide bonds. The number of halogens is 1. The fourth-order valence-corrected chi connectivity index (χ4v) is 3.45. The van der Waals surface area contributed by atoms with Gasteiger partial charge in [-0.15, -0.1) is 0 Å². The lowest BCUT2D eigenvalue weighted by Gasteiger charge is -2.12. The Morgan fingerprint density at radius 1 is 1.18 bits per heavy atom. The standard InChI is InChI=1S/C21H17ClN2O3S/c1-14-10-11-16(12-17(14)22)23-19(25)13-24-20(26)18(28-21(24)27)9-5-8-15-6-3-2-4-7-15/h2-12H,13H2,1H3,(H,23,25)/b8-5+,18-9+. The van der Waals surface area contributed by atoms with Crippen molar-refractivity contribution in [3.05, 3.63) is 81.7 Å². The van der Waals surface area contributed by atoms with Gasteiger partial charge in [0.25, 0.3) is 11.1 Å². The summed E-state index contributed by atoms with van der Waals surface area (Å²) < 4.78 is 0. The van der Waals surface area contributed by atoms with Crippen LogP contribution in [0.4, 0.5) is 10.5 Å². The van der Waals surface area contributed by atoms with Gasteiger partial charge < -0.3 is 5.32 Å². The number of nitrogens with one attached hydrogen (secondary N) is 1. The monoisotopic (exact) mass is 412 g/mol. The number of rotatable bonds is 5. The molecule has 1 heterocycles. The van der Waals surface area contributed by atoms with Gasteiger partial charge >= 0.3 is 0 Å². The number of hydrogen-bond acceptors (Lipinski definition) is 4. The second-order valence-electron chi connectivity index (χ2n) is 6.07. The van der Waals surface area contributed by atoms with E-state index in [1.165, 1.54) is 0 Å². The van der Waals surface area contributed by atoms with E-state index in [0.29, 0.717) is 10.7 Å². The highest BCUT2D eigenvalue weighted by atomic mass is 35.5. The summed E-state index contributed by atoms with van der Waals surface area (Å²) in [6.07, 6.45) is 5.12. The second kappa shape index (κ2) is 8.91. The van der Waals surface area contributed by atoms with Crippen LogP contribution in [0.2, 0.25) is 5.02 Å². The Hall–Kier alpha value is -2.83. The Morgan fingerprint density at radius 2 is 1.93 bits per heavy atom. The molecule has 0 aromatic heterocycles. The van der Waals surface area contributed by atoms with Crippen molar-refractivity contribution in [2.45, 2.75) is 6.92 Å². The zero-order valence-corrected chi connectivity index (χ0v) is 16.6. The summed E-state index contributed by atoms with van der Waals surface area (Å²) in [5, 5.41) is 2.70. The molecule has 0 saturated carbocycles. The molecule has 1 saturated heterocycles.